The third-order valence-electron chi connectivity index (χ3n) is 5.83. The van der Waals surface area contributed by atoms with E-state index in [0.717, 1.165) is 6.42 Å². The molecule has 1 N–H and O–H groups in total. The summed E-state index contributed by atoms with van der Waals surface area (Å²) in [6.07, 6.45) is 1.26. The van der Waals surface area contributed by atoms with Crippen molar-refractivity contribution < 1.29 is 14.3 Å². The Kier molecular flexibility index (Phi) is 10.3. The molecule has 2 aromatic rings. The van der Waals surface area contributed by atoms with E-state index in [9.17, 15) is 9.59 Å². The number of amides is 2. The van der Waals surface area contributed by atoms with Crippen LogP contribution in [0.1, 0.15) is 65.5 Å². The van der Waals surface area contributed by atoms with Crippen molar-refractivity contribution in [2.75, 3.05) is 6.61 Å². The highest BCUT2D eigenvalue weighted by atomic mass is 35.5. The van der Waals surface area contributed by atoms with Gasteiger partial charge in [-0.25, -0.2) is 0 Å². The van der Waals surface area contributed by atoms with Gasteiger partial charge in [-0.05, 0) is 60.6 Å². The van der Waals surface area contributed by atoms with E-state index in [1.54, 1.807) is 18.2 Å². The van der Waals surface area contributed by atoms with Gasteiger partial charge >= 0.3 is 0 Å². The van der Waals surface area contributed by atoms with Crippen LogP contribution in [-0.4, -0.2) is 35.4 Å². The Balaban J connectivity index is 2.24. The summed E-state index contributed by atoms with van der Waals surface area (Å²) >= 11 is 12.4. The van der Waals surface area contributed by atoms with Crippen LogP contribution in [0.3, 0.4) is 0 Å². The number of benzene rings is 2. The summed E-state index contributed by atoms with van der Waals surface area (Å²) in [7, 11) is 0. The standard InChI is InChI=1S/C27H36Cl2N2O3/c1-7-18(3)30-26(33)24(8-2)31(16-19-9-12-21(28)15-23(19)29)25(32)17-34-22-13-10-20(11-14-22)27(4,5)6/h9-15,18,24H,7-8,16-17H2,1-6H3,(H,30,33)/t18-,24+/m0/s1. The van der Waals surface area contributed by atoms with Crippen LogP contribution in [0.4, 0.5) is 0 Å². The number of nitrogens with zero attached hydrogens (tertiary/aromatic N) is 1. The molecular weight excluding hydrogens is 471 g/mol. The van der Waals surface area contributed by atoms with Crippen molar-refractivity contribution in [3.8, 4) is 5.75 Å². The predicted molar refractivity (Wildman–Crippen MR) is 140 cm³/mol. The third-order valence-corrected chi connectivity index (χ3v) is 6.41. The minimum Gasteiger partial charge on any atom is -0.484 e. The van der Waals surface area contributed by atoms with Crippen molar-refractivity contribution in [2.45, 2.75) is 78.4 Å². The normalized spacial score (nSPS) is 13.2. The van der Waals surface area contributed by atoms with E-state index in [4.69, 9.17) is 27.9 Å². The lowest BCUT2D eigenvalue weighted by molar-refractivity contribution is -0.143. The zero-order valence-electron chi connectivity index (χ0n) is 21.0. The first-order valence-corrected chi connectivity index (χ1v) is 12.5. The smallest absolute Gasteiger partial charge is 0.261 e. The van der Waals surface area contributed by atoms with Gasteiger partial charge in [0.1, 0.15) is 11.8 Å². The zero-order chi connectivity index (χ0) is 25.5. The van der Waals surface area contributed by atoms with Gasteiger partial charge in [-0.3, -0.25) is 9.59 Å². The monoisotopic (exact) mass is 506 g/mol. The maximum absolute atomic E-state index is 13.3. The second-order valence-electron chi connectivity index (χ2n) is 9.56. The van der Waals surface area contributed by atoms with E-state index in [1.165, 1.54) is 10.5 Å². The highest BCUT2D eigenvalue weighted by Crippen LogP contribution is 2.26. The predicted octanol–water partition coefficient (Wildman–Crippen LogP) is 6.39. The molecule has 186 valence electrons. The molecule has 0 bridgehead atoms. The molecule has 5 nitrogen and oxygen atoms in total. The van der Waals surface area contributed by atoms with Crippen LogP contribution in [0.5, 0.6) is 5.75 Å². The molecular formula is C27H36Cl2N2O3. The SMILES string of the molecule is CC[C@H](C(=O)N[C@@H](C)CC)N(Cc1ccc(Cl)cc1Cl)C(=O)COc1ccc(C(C)(C)C)cc1. The van der Waals surface area contributed by atoms with Gasteiger partial charge in [0.2, 0.25) is 5.91 Å². The number of hydrogen-bond donors (Lipinski definition) is 1. The summed E-state index contributed by atoms with van der Waals surface area (Å²) in [5, 5.41) is 3.95. The Morgan fingerprint density at radius 2 is 1.68 bits per heavy atom. The summed E-state index contributed by atoms with van der Waals surface area (Å²) in [6.45, 7) is 12.2. The van der Waals surface area contributed by atoms with Gasteiger partial charge in [-0.2, -0.15) is 0 Å². The summed E-state index contributed by atoms with van der Waals surface area (Å²) in [5.41, 5.74) is 1.92. The Labute approximate surface area is 213 Å². The molecule has 0 aliphatic heterocycles. The zero-order valence-corrected chi connectivity index (χ0v) is 22.5. The highest BCUT2D eigenvalue weighted by molar-refractivity contribution is 6.35. The van der Waals surface area contributed by atoms with Crippen molar-refractivity contribution in [2.24, 2.45) is 0 Å². The van der Waals surface area contributed by atoms with E-state index in [-0.39, 0.29) is 36.4 Å². The number of carbonyl (C=O) groups is 2. The maximum Gasteiger partial charge on any atom is 0.261 e. The van der Waals surface area contributed by atoms with Crippen LogP contribution in [0.2, 0.25) is 10.0 Å². The Hall–Kier alpha value is -2.24. The molecule has 2 amide bonds. The molecule has 34 heavy (non-hydrogen) atoms. The summed E-state index contributed by atoms with van der Waals surface area (Å²) in [5.74, 6) is 0.116. The topological polar surface area (TPSA) is 58.6 Å². The molecule has 7 heteroatoms. The fourth-order valence-corrected chi connectivity index (χ4v) is 3.94. The van der Waals surface area contributed by atoms with Crippen molar-refractivity contribution >= 4 is 35.0 Å². The van der Waals surface area contributed by atoms with Gasteiger partial charge in [0.25, 0.3) is 5.91 Å². The van der Waals surface area contributed by atoms with Crippen LogP contribution in [0.15, 0.2) is 42.5 Å². The molecule has 0 aromatic heterocycles. The molecule has 2 aromatic carbocycles. The lowest BCUT2D eigenvalue weighted by Gasteiger charge is -2.31. The molecule has 2 rings (SSSR count). The van der Waals surface area contributed by atoms with Crippen molar-refractivity contribution in [1.29, 1.82) is 0 Å². The van der Waals surface area contributed by atoms with Crippen molar-refractivity contribution in [3.63, 3.8) is 0 Å². The molecule has 0 aliphatic rings. The van der Waals surface area contributed by atoms with Gasteiger partial charge < -0.3 is 15.0 Å². The maximum atomic E-state index is 13.3. The molecule has 2 atom stereocenters. The average Bonchev–Trinajstić information content (AvgIpc) is 2.78. The van der Waals surface area contributed by atoms with Gasteiger partial charge in [0.15, 0.2) is 6.61 Å². The van der Waals surface area contributed by atoms with Crippen LogP contribution >= 0.6 is 23.2 Å². The minimum atomic E-state index is -0.653. The fourth-order valence-electron chi connectivity index (χ4n) is 3.47. The fraction of sp³-hybridized carbons (Fsp3) is 0.481. The first-order valence-electron chi connectivity index (χ1n) is 11.7. The number of halogens is 2. The van der Waals surface area contributed by atoms with Crippen LogP contribution in [0.25, 0.3) is 0 Å². The van der Waals surface area contributed by atoms with Crippen molar-refractivity contribution in [1.82, 2.24) is 10.2 Å². The van der Waals surface area contributed by atoms with Crippen LogP contribution in [0, 0.1) is 0 Å². The van der Waals surface area contributed by atoms with Gasteiger partial charge in [0.05, 0.1) is 0 Å². The Morgan fingerprint density at radius 1 is 1.03 bits per heavy atom. The third kappa shape index (κ3) is 7.92. The molecule has 0 saturated heterocycles. The second-order valence-corrected chi connectivity index (χ2v) is 10.4. The molecule has 0 spiro atoms. The lowest BCUT2D eigenvalue weighted by atomic mass is 9.87. The van der Waals surface area contributed by atoms with E-state index >= 15 is 0 Å². The number of ether oxygens (including phenoxy) is 1. The second kappa shape index (κ2) is 12.5. The summed E-state index contributed by atoms with van der Waals surface area (Å²) in [6, 6.07) is 12.2. The van der Waals surface area contributed by atoms with Crippen molar-refractivity contribution in [3.05, 3.63) is 63.6 Å². The quantitative estimate of drug-likeness (QED) is 0.405. The molecule has 0 aliphatic carbocycles. The van der Waals surface area contributed by atoms with E-state index in [1.807, 2.05) is 45.0 Å². The van der Waals surface area contributed by atoms with Crippen LogP contribution in [-0.2, 0) is 21.5 Å². The minimum absolute atomic E-state index is 0.00945. The lowest BCUT2D eigenvalue weighted by Crippen LogP contribution is -2.51. The van der Waals surface area contributed by atoms with Crippen LogP contribution < -0.4 is 10.1 Å². The Bertz CT molecular complexity index is 971. The first-order chi connectivity index (χ1) is 16.0. The summed E-state index contributed by atoms with van der Waals surface area (Å²) in [4.78, 5) is 27.9. The number of rotatable bonds is 10. The summed E-state index contributed by atoms with van der Waals surface area (Å²) < 4.78 is 5.80. The van der Waals surface area contributed by atoms with E-state index in [0.29, 0.717) is 27.8 Å². The first kappa shape index (κ1) is 28.0. The van der Waals surface area contributed by atoms with Gasteiger partial charge in [-0.1, -0.05) is 76.0 Å². The largest absolute Gasteiger partial charge is 0.484 e. The van der Waals surface area contributed by atoms with E-state index < -0.39 is 6.04 Å². The molecule has 0 radical (unpaired) electrons. The number of carbonyl (C=O) groups excluding carboxylic acids is 2. The average molecular weight is 508 g/mol. The molecule has 0 heterocycles. The number of nitrogens with one attached hydrogen (secondary N) is 1. The van der Waals surface area contributed by atoms with Gasteiger partial charge in [-0.15, -0.1) is 0 Å². The molecule has 0 fully saturated rings. The highest BCUT2D eigenvalue weighted by Gasteiger charge is 2.30. The number of hydrogen-bond acceptors (Lipinski definition) is 3. The van der Waals surface area contributed by atoms with Gasteiger partial charge in [0, 0.05) is 22.6 Å². The van der Waals surface area contributed by atoms with E-state index in [2.05, 4.69) is 26.1 Å². The molecule has 0 unspecified atom stereocenters. The molecule has 0 saturated carbocycles. The Morgan fingerprint density at radius 3 is 2.21 bits per heavy atom.